The molecule has 4 nitrogen and oxygen atoms in total. The number of hydrogen-bond acceptors (Lipinski definition) is 3. The minimum absolute atomic E-state index is 0.195. The summed E-state index contributed by atoms with van der Waals surface area (Å²) < 4.78 is 69.5. The summed E-state index contributed by atoms with van der Waals surface area (Å²) in [5.41, 5.74) is -2.34. The van der Waals surface area contributed by atoms with E-state index in [1.165, 1.54) is 0 Å². The molecule has 0 atom stereocenters. The number of anilines is 1. The molecular weight excluding hydrogens is 420 g/mol. The van der Waals surface area contributed by atoms with Crippen molar-refractivity contribution in [3.8, 4) is 0 Å². The van der Waals surface area contributed by atoms with Crippen LogP contribution in [0.2, 0.25) is 10.0 Å². The molecule has 2 rings (SSSR count). The fourth-order valence-electron chi connectivity index (χ4n) is 1.93. The molecule has 0 fully saturated rings. The lowest BCUT2D eigenvalue weighted by atomic mass is 10.1. The maximum atomic E-state index is 13.2. The number of carbonyl (C=O) groups is 2. The molecular formula is C16H8Cl2F5NO3. The Hall–Kier alpha value is -2.39. The summed E-state index contributed by atoms with van der Waals surface area (Å²) in [6.45, 7) is -0.992. The predicted molar refractivity (Wildman–Crippen MR) is 86.7 cm³/mol. The monoisotopic (exact) mass is 427 g/mol. The summed E-state index contributed by atoms with van der Waals surface area (Å²) in [6.07, 6.45) is -4.79. The Morgan fingerprint density at radius 1 is 1.04 bits per heavy atom. The lowest BCUT2D eigenvalue weighted by Crippen LogP contribution is -2.23. The van der Waals surface area contributed by atoms with Crippen molar-refractivity contribution in [2.45, 2.75) is 6.18 Å². The molecule has 0 aliphatic heterocycles. The zero-order valence-electron chi connectivity index (χ0n) is 13.0. The first-order valence-corrected chi connectivity index (χ1v) is 7.73. The van der Waals surface area contributed by atoms with Gasteiger partial charge >= 0.3 is 12.1 Å². The SMILES string of the molecule is O=C(COC(=O)c1cc(F)c(F)cc1Cl)Nc1ccc(Cl)cc1C(F)(F)F. The van der Waals surface area contributed by atoms with Gasteiger partial charge in [-0.2, -0.15) is 13.2 Å². The van der Waals surface area contributed by atoms with Crippen LogP contribution in [0.1, 0.15) is 15.9 Å². The third-order valence-corrected chi connectivity index (χ3v) is 3.67. The molecule has 0 aliphatic rings. The maximum Gasteiger partial charge on any atom is 0.418 e. The van der Waals surface area contributed by atoms with E-state index in [1.807, 2.05) is 5.32 Å². The van der Waals surface area contributed by atoms with Gasteiger partial charge in [0.2, 0.25) is 0 Å². The number of benzene rings is 2. The highest BCUT2D eigenvalue weighted by Crippen LogP contribution is 2.36. The second-order valence-electron chi connectivity index (χ2n) is 5.06. The second kappa shape index (κ2) is 8.10. The van der Waals surface area contributed by atoms with E-state index < -0.39 is 58.1 Å². The predicted octanol–water partition coefficient (Wildman–Crippen LogP) is 5.09. The smallest absolute Gasteiger partial charge is 0.418 e. The number of hydrogen-bond donors (Lipinski definition) is 1. The van der Waals surface area contributed by atoms with Crippen molar-refractivity contribution < 1.29 is 36.3 Å². The van der Waals surface area contributed by atoms with Gasteiger partial charge in [0.15, 0.2) is 18.2 Å². The van der Waals surface area contributed by atoms with Crippen LogP contribution in [0.5, 0.6) is 0 Å². The molecule has 0 aliphatic carbocycles. The van der Waals surface area contributed by atoms with E-state index in [0.717, 1.165) is 12.1 Å². The van der Waals surface area contributed by atoms with Crippen LogP contribution in [0.15, 0.2) is 30.3 Å². The molecule has 0 spiro atoms. The first-order valence-electron chi connectivity index (χ1n) is 6.97. The van der Waals surface area contributed by atoms with E-state index >= 15 is 0 Å². The normalized spacial score (nSPS) is 11.2. The van der Waals surface area contributed by atoms with E-state index in [0.29, 0.717) is 18.2 Å². The van der Waals surface area contributed by atoms with Crippen LogP contribution in [0.25, 0.3) is 0 Å². The second-order valence-corrected chi connectivity index (χ2v) is 5.90. The summed E-state index contributed by atoms with van der Waals surface area (Å²) in [6, 6.07) is 3.68. The molecule has 0 bridgehead atoms. The van der Waals surface area contributed by atoms with E-state index in [-0.39, 0.29) is 5.02 Å². The number of alkyl halides is 3. The minimum Gasteiger partial charge on any atom is -0.452 e. The van der Waals surface area contributed by atoms with Gasteiger partial charge in [-0.25, -0.2) is 13.6 Å². The largest absolute Gasteiger partial charge is 0.452 e. The molecule has 0 saturated carbocycles. The van der Waals surface area contributed by atoms with Crippen molar-refractivity contribution >= 4 is 40.8 Å². The first-order chi connectivity index (χ1) is 12.5. The number of esters is 1. The van der Waals surface area contributed by atoms with Crippen LogP contribution in [-0.2, 0) is 15.7 Å². The minimum atomic E-state index is -4.79. The van der Waals surface area contributed by atoms with E-state index in [9.17, 15) is 31.5 Å². The van der Waals surface area contributed by atoms with Gasteiger partial charge < -0.3 is 10.1 Å². The maximum absolute atomic E-state index is 13.2. The Morgan fingerprint density at radius 2 is 1.67 bits per heavy atom. The van der Waals surface area contributed by atoms with E-state index in [1.54, 1.807) is 0 Å². The third-order valence-electron chi connectivity index (χ3n) is 3.13. The molecule has 1 N–H and O–H groups in total. The summed E-state index contributed by atoms with van der Waals surface area (Å²) in [7, 11) is 0. The van der Waals surface area contributed by atoms with Gasteiger partial charge in [-0.3, -0.25) is 4.79 Å². The molecule has 1 amide bonds. The van der Waals surface area contributed by atoms with Crippen LogP contribution >= 0.6 is 23.2 Å². The van der Waals surface area contributed by atoms with Crippen molar-refractivity contribution in [2.24, 2.45) is 0 Å². The molecule has 0 unspecified atom stereocenters. The zero-order chi connectivity index (χ0) is 20.4. The molecule has 2 aromatic rings. The number of halogens is 7. The summed E-state index contributed by atoms with van der Waals surface area (Å²) in [5.74, 6) is -5.03. The molecule has 0 heterocycles. The Labute approximate surface area is 158 Å². The number of ether oxygens (including phenoxy) is 1. The average Bonchev–Trinajstić information content (AvgIpc) is 2.56. The van der Waals surface area contributed by atoms with E-state index in [2.05, 4.69) is 4.74 Å². The fourth-order valence-corrected chi connectivity index (χ4v) is 2.33. The average molecular weight is 428 g/mol. The molecule has 2 aromatic carbocycles. The lowest BCUT2D eigenvalue weighted by Gasteiger charge is -2.14. The lowest BCUT2D eigenvalue weighted by molar-refractivity contribution is -0.137. The topological polar surface area (TPSA) is 55.4 Å². The Morgan fingerprint density at radius 3 is 2.30 bits per heavy atom. The van der Waals surface area contributed by atoms with Crippen molar-refractivity contribution in [1.82, 2.24) is 0 Å². The molecule has 27 heavy (non-hydrogen) atoms. The van der Waals surface area contributed by atoms with Crippen LogP contribution < -0.4 is 5.32 Å². The third kappa shape index (κ3) is 5.30. The Balaban J connectivity index is 2.07. The van der Waals surface area contributed by atoms with Gasteiger partial charge in [0.25, 0.3) is 5.91 Å². The Bertz CT molecular complexity index is 902. The quantitative estimate of drug-likeness (QED) is 0.420. The first kappa shape index (κ1) is 20.9. The summed E-state index contributed by atoms with van der Waals surface area (Å²) >= 11 is 11.1. The van der Waals surface area contributed by atoms with Crippen molar-refractivity contribution in [1.29, 1.82) is 0 Å². The van der Waals surface area contributed by atoms with Gasteiger partial charge in [-0.1, -0.05) is 23.2 Å². The van der Waals surface area contributed by atoms with Gasteiger partial charge in [0.05, 0.1) is 21.8 Å². The number of rotatable bonds is 4. The van der Waals surface area contributed by atoms with Gasteiger partial charge in [-0.15, -0.1) is 0 Å². The highest BCUT2D eigenvalue weighted by atomic mass is 35.5. The standard InChI is InChI=1S/C16H8Cl2F5NO3/c17-7-1-2-13(9(3-7)16(21,22)23)24-14(25)6-27-15(26)8-4-11(19)12(20)5-10(8)18/h1-5H,6H2,(H,24,25). The van der Waals surface area contributed by atoms with Gasteiger partial charge in [-0.05, 0) is 30.3 Å². The van der Waals surface area contributed by atoms with Crippen LogP contribution in [0.4, 0.5) is 27.6 Å². The number of nitrogens with one attached hydrogen (secondary N) is 1. The summed E-state index contributed by atoms with van der Waals surface area (Å²) in [5, 5.41) is 1.27. The molecule has 0 radical (unpaired) electrons. The number of carbonyl (C=O) groups excluding carboxylic acids is 2. The molecule has 144 valence electrons. The highest BCUT2D eigenvalue weighted by Gasteiger charge is 2.34. The van der Waals surface area contributed by atoms with Crippen LogP contribution in [0.3, 0.4) is 0 Å². The highest BCUT2D eigenvalue weighted by molar-refractivity contribution is 6.33. The summed E-state index contributed by atoms with van der Waals surface area (Å²) in [4.78, 5) is 23.5. The fraction of sp³-hybridized carbons (Fsp3) is 0.125. The number of amides is 1. The van der Waals surface area contributed by atoms with Crippen molar-refractivity contribution in [2.75, 3.05) is 11.9 Å². The Kier molecular flexibility index (Phi) is 6.27. The zero-order valence-corrected chi connectivity index (χ0v) is 14.5. The van der Waals surface area contributed by atoms with Gasteiger partial charge in [0, 0.05) is 5.02 Å². The van der Waals surface area contributed by atoms with Crippen LogP contribution in [0, 0.1) is 11.6 Å². The molecule has 0 aromatic heterocycles. The van der Waals surface area contributed by atoms with E-state index in [4.69, 9.17) is 23.2 Å². The van der Waals surface area contributed by atoms with Crippen molar-refractivity contribution in [3.05, 3.63) is 63.1 Å². The molecule has 0 saturated heterocycles. The van der Waals surface area contributed by atoms with Gasteiger partial charge in [0.1, 0.15) is 0 Å². The molecule has 11 heteroatoms. The van der Waals surface area contributed by atoms with Crippen molar-refractivity contribution in [3.63, 3.8) is 0 Å². The van der Waals surface area contributed by atoms with Crippen LogP contribution in [-0.4, -0.2) is 18.5 Å².